The van der Waals surface area contributed by atoms with Crippen molar-refractivity contribution in [2.45, 2.75) is 107 Å². The lowest BCUT2D eigenvalue weighted by Gasteiger charge is -2.25. The third-order valence-corrected chi connectivity index (χ3v) is 8.46. The molecular formula is C34H58N12O16. The van der Waals surface area contributed by atoms with Crippen LogP contribution in [0.4, 0.5) is 0 Å². The van der Waals surface area contributed by atoms with Gasteiger partial charge in [0.05, 0.1) is 32.3 Å². The normalized spacial score (nSPS) is 14.1. The van der Waals surface area contributed by atoms with Crippen molar-refractivity contribution in [3.8, 4) is 0 Å². The van der Waals surface area contributed by atoms with E-state index in [2.05, 4.69) is 37.2 Å². The number of carbonyl (C=O) groups excluding carboxylic acids is 10. The quantitative estimate of drug-likeness (QED) is 0.0279. The number of nitrogens with two attached hydrogens (primary N) is 4. The van der Waals surface area contributed by atoms with Crippen LogP contribution in [0.2, 0.25) is 0 Å². The average molecular weight is 891 g/mol. The molecule has 0 saturated heterocycles. The number of aliphatic hydroxyl groups excluding tert-OH is 2. The topological polar surface area (TPSA) is 486 Å². The second-order valence-corrected chi connectivity index (χ2v) is 13.6. The van der Waals surface area contributed by atoms with Gasteiger partial charge >= 0.3 is 11.9 Å². The molecule has 0 bridgehead atoms. The van der Waals surface area contributed by atoms with Crippen LogP contribution < -0.4 is 65.5 Å². The molecular weight excluding hydrogens is 832 g/mol. The van der Waals surface area contributed by atoms with Gasteiger partial charge in [-0.15, -0.1) is 0 Å². The van der Waals surface area contributed by atoms with E-state index < -0.39 is 165 Å². The lowest BCUT2D eigenvalue weighted by Crippen LogP contribution is -2.59. The summed E-state index contributed by atoms with van der Waals surface area (Å²) in [6.45, 7) is -2.18. The fraction of sp³-hybridized carbons (Fsp3) is 0.647. The van der Waals surface area contributed by atoms with E-state index in [4.69, 9.17) is 28.0 Å². The first-order valence-electron chi connectivity index (χ1n) is 19.1. The van der Waals surface area contributed by atoms with Gasteiger partial charge < -0.3 is 85.9 Å². The Balaban J connectivity index is 5.54. The summed E-state index contributed by atoms with van der Waals surface area (Å²) in [5.74, 6) is -12.5. The molecule has 28 nitrogen and oxygen atoms in total. The van der Waals surface area contributed by atoms with Gasteiger partial charge in [-0.1, -0.05) is 0 Å². The summed E-state index contributed by atoms with van der Waals surface area (Å²) in [6.07, 6.45) is -1.59. The minimum Gasteiger partial charge on any atom is -0.481 e. The highest BCUT2D eigenvalue weighted by molar-refractivity contribution is 5.97. The number of rotatable bonds is 32. The molecule has 28 heteroatoms. The number of unbranched alkanes of at least 4 members (excludes halogenated alkanes) is 1. The fourth-order valence-electron chi connectivity index (χ4n) is 4.94. The molecule has 0 aromatic carbocycles. The molecule has 7 atom stereocenters. The highest BCUT2D eigenvalue weighted by Gasteiger charge is 2.31. The molecule has 0 unspecified atom stereocenters. The molecule has 0 rings (SSSR count). The van der Waals surface area contributed by atoms with Crippen LogP contribution in [0.25, 0.3) is 0 Å². The van der Waals surface area contributed by atoms with Gasteiger partial charge in [-0.2, -0.15) is 0 Å². The van der Waals surface area contributed by atoms with Crippen molar-refractivity contribution in [1.29, 1.82) is 0 Å². The summed E-state index contributed by atoms with van der Waals surface area (Å²) in [4.78, 5) is 147. The van der Waals surface area contributed by atoms with Crippen molar-refractivity contribution in [1.82, 2.24) is 42.5 Å². The Bertz CT molecular complexity index is 1620. The molecule has 0 fully saturated rings. The van der Waals surface area contributed by atoms with E-state index in [-0.39, 0.29) is 25.8 Å². The van der Waals surface area contributed by atoms with E-state index in [1.54, 1.807) is 0 Å². The molecule has 0 saturated carbocycles. The maximum absolute atomic E-state index is 13.3. The summed E-state index contributed by atoms with van der Waals surface area (Å²) >= 11 is 0. The Morgan fingerprint density at radius 3 is 1.48 bits per heavy atom. The number of primary amides is 2. The van der Waals surface area contributed by atoms with Crippen LogP contribution in [0.3, 0.4) is 0 Å². The van der Waals surface area contributed by atoms with Crippen molar-refractivity contribution in [2.24, 2.45) is 22.9 Å². The molecule has 0 aromatic rings. The average Bonchev–Trinajstić information content (AvgIpc) is 3.20. The molecule has 0 heterocycles. The number of carboxylic acids is 2. The molecule has 0 radical (unpaired) electrons. The number of carboxylic acid groups (broad SMARTS) is 2. The van der Waals surface area contributed by atoms with Gasteiger partial charge in [0.2, 0.25) is 59.1 Å². The van der Waals surface area contributed by atoms with Crippen LogP contribution in [-0.2, 0) is 57.5 Å². The number of hydrogen-bond donors (Lipinski definition) is 16. The van der Waals surface area contributed by atoms with E-state index in [1.165, 1.54) is 6.92 Å². The van der Waals surface area contributed by atoms with Gasteiger partial charge in [0.25, 0.3) is 0 Å². The predicted molar refractivity (Wildman–Crippen MR) is 210 cm³/mol. The molecule has 10 amide bonds. The summed E-state index contributed by atoms with van der Waals surface area (Å²) < 4.78 is 0. The minimum atomic E-state index is -1.75. The zero-order valence-electron chi connectivity index (χ0n) is 33.9. The maximum atomic E-state index is 13.3. The van der Waals surface area contributed by atoms with Crippen molar-refractivity contribution < 1.29 is 78.0 Å². The van der Waals surface area contributed by atoms with Crippen molar-refractivity contribution in [2.75, 3.05) is 32.8 Å². The minimum absolute atomic E-state index is 0.0229. The molecule has 0 aliphatic carbocycles. The first-order chi connectivity index (χ1) is 29.1. The Kier molecular flexibility index (Phi) is 26.5. The molecule has 0 aromatic heterocycles. The standard InChI is InChI=1S/C34H58N12O16/c1-16(41-29(56)17(36)5-10-27(53)54)28(55)43-18(4-2-3-11-35)31(58)46-22(15-48)33(60)44-19(6-8-23(37)49)30(57)40-12-25(51)39-13-26(52)42-21(14-47)32(59)45-20(34(61)62)7-9-24(38)50/h16-22,47-48H,2-15,35-36H2,1H3,(H2,37,49)(H2,38,50)(H,39,51)(H,40,57)(H,41,56)(H,42,52)(H,43,55)(H,44,60)(H,45,59)(H,46,58)(H,53,54)(H,61,62)/t16-,17-,18-,19-,20-,21-,22-/m0/s1. The van der Waals surface area contributed by atoms with Gasteiger partial charge in [-0.05, 0) is 52.0 Å². The molecule has 350 valence electrons. The smallest absolute Gasteiger partial charge is 0.326 e. The third kappa shape index (κ3) is 23.3. The van der Waals surface area contributed by atoms with Crippen molar-refractivity contribution in [3.05, 3.63) is 0 Å². The lowest BCUT2D eigenvalue weighted by molar-refractivity contribution is -0.143. The van der Waals surface area contributed by atoms with Crippen LogP contribution in [-0.4, -0.2) is 167 Å². The Morgan fingerprint density at radius 1 is 0.500 bits per heavy atom. The maximum Gasteiger partial charge on any atom is 0.326 e. The predicted octanol–water partition coefficient (Wildman–Crippen LogP) is -8.93. The van der Waals surface area contributed by atoms with Crippen LogP contribution in [0.15, 0.2) is 0 Å². The first kappa shape index (κ1) is 55.5. The van der Waals surface area contributed by atoms with E-state index in [1.807, 2.05) is 5.32 Å². The Labute approximate surface area is 354 Å². The first-order valence-corrected chi connectivity index (χ1v) is 19.1. The molecule has 0 spiro atoms. The molecule has 20 N–H and O–H groups in total. The van der Waals surface area contributed by atoms with E-state index in [0.29, 0.717) is 12.8 Å². The zero-order chi connectivity index (χ0) is 47.5. The summed E-state index contributed by atoms with van der Waals surface area (Å²) in [5, 5.41) is 55.1. The number of carbonyl (C=O) groups is 12. The number of aliphatic hydroxyl groups is 2. The highest BCUT2D eigenvalue weighted by atomic mass is 16.4. The third-order valence-electron chi connectivity index (χ3n) is 8.46. The van der Waals surface area contributed by atoms with Gasteiger partial charge in [0, 0.05) is 19.3 Å². The monoisotopic (exact) mass is 890 g/mol. The van der Waals surface area contributed by atoms with Gasteiger partial charge in [0.1, 0.15) is 36.3 Å². The zero-order valence-corrected chi connectivity index (χ0v) is 33.9. The molecule has 0 aliphatic rings. The molecule has 0 aliphatic heterocycles. The largest absolute Gasteiger partial charge is 0.481 e. The summed E-state index contributed by atoms with van der Waals surface area (Å²) in [7, 11) is 0. The van der Waals surface area contributed by atoms with E-state index in [0.717, 1.165) is 0 Å². The van der Waals surface area contributed by atoms with Crippen molar-refractivity contribution in [3.63, 3.8) is 0 Å². The highest BCUT2D eigenvalue weighted by Crippen LogP contribution is 2.05. The van der Waals surface area contributed by atoms with E-state index >= 15 is 0 Å². The Morgan fingerprint density at radius 2 is 0.968 bits per heavy atom. The van der Waals surface area contributed by atoms with E-state index in [9.17, 15) is 72.9 Å². The van der Waals surface area contributed by atoms with Crippen LogP contribution in [0.5, 0.6) is 0 Å². The van der Waals surface area contributed by atoms with Gasteiger partial charge in [-0.25, -0.2) is 4.79 Å². The van der Waals surface area contributed by atoms with Gasteiger partial charge in [0.15, 0.2) is 0 Å². The van der Waals surface area contributed by atoms with Gasteiger partial charge in [-0.3, -0.25) is 52.7 Å². The Hall–Kier alpha value is -6.52. The second-order valence-electron chi connectivity index (χ2n) is 13.6. The van der Waals surface area contributed by atoms with Crippen LogP contribution in [0.1, 0.15) is 64.7 Å². The SMILES string of the molecule is C[C@H](NC(=O)[C@@H](N)CCC(=O)O)C(=O)N[C@@H](CCCCN)C(=O)N[C@@H](CO)C(=O)N[C@@H](CCC(N)=O)C(=O)NCC(=O)NCC(=O)N[C@@H](CO)C(=O)N[C@@H](CCC(N)=O)C(=O)O. The lowest BCUT2D eigenvalue weighted by atomic mass is 10.1. The number of aliphatic carboxylic acids is 2. The summed E-state index contributed by atoms with van der Waals surface area (Å²) in [6, 6.07) is -10.5. The second kappa shape index (κ2) is 29.7. The fourth-order valence-corrected chi connectivity index (χ4v) is 4.94. The van der Waals surface area contributed by atoms with Crippen LogP contribution >= 0.6 is 0 Å². The number of hydrogen-bond acceptors (Lipinski definition) is 16. The van der Waals surface area contributed by atoms with Crippen LogP contribution in [0, 0.1) is 0 Å². The number of amides is 10. The summed E-state index contributed by atoms with van der Waals surface area (Å²) in [5.41, 5.74) is 21.4. The van der Waals surface area contributed by atoms with Crippen molar-refractivity contribution >= 4 is 71.0 Å². The number of nitrogens with one attached hydrogen (secondary N) is 8. The molecule has 62 heavy (non-hydrogen) atoms.